The minimum Gasteiger partial charge on any atom is -0.364 e. The van der Waals surface area contributed by atoms with Crippen LogP contribution >= 0.6 is 0 Å². The Morgan fingerprint density at radius 3 is 2.38 bits per heavy atom. The molecule has 0 aliphatic heterocycles. The van der Waals surface area contributed by atoms with Crippen LogP contribution in [0.25, 0.3) is 5.69 Å². The summed E-state index contributed by atoms with van der Waals surface area (Å²) in [6, 6.07) is 10.3. The van der Waals surface area contributed by atoms with E-state index in [0.29, 0.717) is 5.69 Å². The maximum Gasteiger partial charge on any atom is 0.272 e. The number of rotatable bonds is 2. The molecule has 82 valence electrons. The van der Waals surface area contributed by atoms with E-state index in [9.17, 15) is 9.59 Å². The monoisotopic (exact) mass is 217 g/mol. The SMILES string of the molecule is Cn1c(C(N)=O)cc(=O)n1-c1ccccc1. The van der Waals surface area contributed by atoms with Gasteiger partial charge in [0.2, 0.25) is 0 Å². The predicted molar refractivity (Wildman–Crippen MR) is 59.5 cm³/mol. The van der Waals surface area contributed by atoms with Crippen LogP contribution in [0.3, 0.4) is 0 Å². The smallest absolute Gasteiger partial charge is 0.272 e. The fourth-order valence-electron chi connectivity index (χ4n) is 1.63. The molecule has 0 radical (unpaired) electrons. The first-order valence-electron chi connectivity index (χ1n) is 4.75. The van der Waals surface area contributed by atoms with Crippen LogP contribution in [0.4, 0.5) is 0 Å². The minimum atomic E-state index is -0.616. The Morgan fingerprint density at radius 2 is 1.88 bits per heavy atom. The molecule has 0 aliphatic rings. The van der Waals surface area contributed by atoms with E-state index in [2.05, 4.69) is 0 Å². The summed E-state index contributed by atoms with van der Waals surface area (Å²) in [5, 5.41) is 0. The van der Waals surface area contributed by atoms with Crippen LogP contribution in [-0.2, 0) is 7.05 Å². The molecule has 0 aliphatic carbocycles. The fraction of sp³-hybridized carbons (Fsp3) is 0.0909. The number of nitrogens with two attached hydrogens (primary N) is 1. The molecule has 1 amide bonds. The molecule has 0 saturated carbocycles. The summed E-state index contributed by atoms with van der Waals surface area (Å²) in [7, 11) is 1.62. The zero-order chi connectivity index (χ0) is 11.7. The lowest BCUT2D eigenvalue weighted by Crippen LogP contribution is -2.21. The van der Waals surface area contributed by atoms with Crippen LogP contribution in [0.5, 0.6) is 0 Å². The molecule has 0 atom stereocenters. The molecule has 1 aromatic carbocycles. The fourth-order valence-corrected chi connectivity index (χ4v) is 1.63. The van der Waals surface area contributed by atoms with E-state index in [1.807, 2.05) is 18.2 Å². The Kier molecular flexibility index (Phi) is 2.36. The molecule has 0 fully saturated rings. The van der Waals surface area contributed by atoms with Crippen molar-refractivity contribution in [2.24, 2.45) is 12.8 Å². The van der Waals surface area contributed by atoms with Crippen molar-refractivity contribution in [3.63, 3.8) is 0 Å². The van der Waals surface area contributed by atoms with Crippen LogP contribution in [0.15, 0.2) is 41.2 Å². The van der Waals surface area contributed by atoms with Crippen LogP contribution in [0, 0.1) is 0 Å². The highest BCUT2D eigenvalue weighted by atomic mass is 16.2. The standard InChI is InChI=1S/C11H11N3O2/c1-13-9(11(12)16)7-10(15)14(13)8-5-3-2-4-6-8/h2-7H,1H3,(H2,12,16). The third-order valence-corrected chi connectivity index (χ3v) is 2.37. The number of hydrogen-bond acceptors (Lipinski definition) is 2. The summed E-state index contributed by atoms with van der Waals surface area (Å²) >= 11 is 0. The Hall–Kier alpha value is -2.30. The van der Waals surface area contributed by atoms with Gasteiger partial charge < -0.3 is 5.73 Å². The molecular formula is C11H11N3O2. The number of carbonyl (C=O) groups excluding carboxylic acids is 1. The lowest BCUT2D eigenvalue weighted by molar-refractivity contribution is 0.0990. The summed E-state index contributed by atoms with van der Waals surface area (Å²) in [5.41, 5.74) is 5.77. The molecule has 5 heteroatoms. The molecule has 1 aromatic heterocycles. The van der Waals surface area contributed by atoms with Crippen LogP contribution < -0.4 is 11.3 Å². The van der Waals surface area contributed by atoms with Gasteiger partial charge in [0.25, 0.3) is 11.5 Å². The maximum absolute atomic E-state index is 11.7. The molecule has 2 N–H and O–H groups in total. The van der Waals surface area contributed by atoms with Crippen molar-refractivity contribution in [1.29, 1.82) is 0 Å². The van der Waals surface area contributed by atoms with Gasteiger partial charge in [-0.3, -0.25) is 14.3 Å². The van der Waals surface area contributed by atoms with Crippen LogP contribution in [-0.4, -0.2) is 15.3 Å². The van der Waals surface area contributed by atoms with Gasteiger partial charge in [0.05, 0.1) is 5.69 Å². The van der Waals surface area contributed by atoms with Gasteiger partial charge in [-0.1, -0.05) is 18.2 Å². The number of hydrogen-bond donors (Lipinski definition) is 1. The maximum atomic E-state index is 11.7. The average Bonchev–Trinajstić information content (AvgIpc) is 2.56. The number of benzene rings is 1. The van der Waals surface area contributed by atoms with Gasteiger partial charge in [-0.15, -0.1) is 0 Å². The van der Waals surface area contributed by atoms with Gasteiger partial charge in [-0.05, 0) is 12.1 Å². The highest BCUT2D eigenvalue weighted by molar-refractivity contribution is 5.90. The second-order valence-electron chi connectivity index (χ2n) is 3.40. The number of aromatic nitrogens is 2. The summed E-state index contributed by atoms with van der Waals surface area (Å²) < 4.78 is 2.83. The lowest BCUT2D eigenvalue weighted by Gasteiger charge is -2.07. The quantitative estimate of drug-likeness (QED) is 0.784. The number of carbonyl (C=O) groups is 1. The van der Waals surface area contributed by atoms with E-state index in [1.165, 1.54) is 15.4 Å². The second kappa shape index (κ2) is 3.69. The number of para-hydroxylation sites is 1. The first-order valence-corrected chi connectivity index (χ1v) is 4.75. The van der Waals surface area contributed by atoms with Crippen LogP contribution in [0.1, 0.15) is 10.5 Å². The summed E-state index contributed by atoms with van der Waals surface area (Å²) in [4.78, 5) is 22.8. The summed E-state index contributed by atoms with van der Waals surface area (Å²) in [6.07, 6.45) is 0. The normalized spacial score (nSPS) is 10.3. The van der Waals surface area contributed by atoms with Gasteiger partial charge in [-0.2, -0.15) is 0 Å². The number of primary amides is 1. The number of amides is 1. The van der Waals surface area contributed by atoms with E-state index >= 15 is 0 Å². The molecule has 16 heavy (non-hydrogen) atoms. The molecule has 0 saturated heterocycles. The van der Waals surface area contributed by atoms with E-state index in [1.54, 1.807) is 19.2 Å². The highest BCUT2D eigenvalue weighted by Gasteiger charge is 2.12. The average molecular weight is 217 g/mol. The van der Waals surface area contributed by atoms with E-state index in [4.69, 9.17) is 5.73 Å². The lowest BCUT2D eigenvalue weighted by atomic mass is 10.3. The first-order chi connectivity index (χ1) is 7.61. The van der Waals surface area contributed by atoms with Gasteiger partial charge in [0.1, 0.15) is 5.69 Å². The highest BCUT2D eigenvalue weighted by Crippen LogP contribution is 2.05. The zero-order valence-corrected chi connectivity index (χ0v) is 8.75. The van der Waals surface area contributed by atoms with Gasteiger partial charge in [0.15, 0.2) is 0 Å². The van der Waals surface area contributed by atoms with Crippen molar-refractivity contribution >= 4 is 5.91 Å². The molecule has 2 rings (SSSR count). The largest absolute Gasteiger partial charge is 0.364 e. The zero-order valence-electron chi connectivity index (χ0n) is 8.75. The Labute approximate surface area is 91.7 Å². The summed E-state index contributed by atoms with van der Waals surface area (Å²) in [6.45, 7) is 0. The molecule has 0 bridgehead atoms. The molecular weight excluding hydrogens is 206 g/mol. The topological polar surface area (TPSA) is 70.0 Å². The Balaban J connectivity index is 2.68. The van der Waals surface area contributed by atoms with Gasteiger partial charge in [0, 0.05) is 13.1 Å². The second-order valence-corrected chi connectivity index (χ2v) is 3.40. The molecule has 5 nitrogen and oxygen atoms in total. The van der Waals surface area contributed by atoms with Crippen molar-refractivity contribution in [3.8, 4) is 5.69 Å². The number of nitrogens with zero attached hydrogens (tertiary/aromatic N) is 2. The van der Waals surface area contributed by atoms with Gasteiger partial charge in [-0.25, -0.2) is 4.68 Å². The van der Waals surface area contributed by atoms with Gasteiger partial charge >= 0.3 is 0 Å². The van der Waals surface area contributed by atoms with E-state index < -0.39 is 5.91 Å². The minimum absolute atomic E-state index is 0.189. The van der Waals surface area contributed by atoms with E-state index in [-0.39, 0.29) is 11.3 Å². The van der Waals surface area contributed by atoms with Crippen molar-refractivity contribution in [3.05, 3.63) is 52.4 Å². The van der Waals surface area contributed by atoms with E-state index in [0.717, 1.165) is 0 Å². The van der Waals surface area contributed by atoms with Crippen molar-refractivity contribution in [1.82, 2.24) is 9.36 Å². The third kappa shape index (κ3) is 1.52. The van der Waals surface area contributed by atoms with Crippen molar-refractivity contribution < 1.29 is 4.79 Å². The predicted octanol–water partition coefficient (Wildman–Crippen LogP) is 0.275. The molecule has 0 spiro atoms. The van der Waals surface area contributed by atoms with Crippen molar-refractivity contribution in [2.75, 3.05) is 0 Å². The van der Waals surface area contributed by atoms with Crippen LogP contribution in [0.2, 0.25) is 0 Å². The first kappa shape index (κ1) is 10.2. The Morgan fingerprint density at radius 1 is 1.25 bits per heavy atom. The Bertz CT molecular complexity index is 581. The molecule has 2 aromatic rings. The summed E-state index contributed by atoms with van der Waals surface area (Å²) in [5.74, 6) is -0.616. The third-order valence-electron chi connectivity index (χ3n) is 2.37. The van der Waals surface area contributed by atoms with Crippen molar-refractivity contribution in [2.45, 2.75) is 0 Å². The molecule has 0 unspecified atom stereocenters. The molecule has 1 heterocycles.